The lowest BCUT2D eigenvalue weighted by Gasteiger charge is -2.08. The average molecular weight is 382 g/mol. The molecule has 0 aliphatic heterocycles. The maximum Gasteiger partial charge on any atom is 0.573 e. The third kappa shape index (κ3) is 4.54. The van der Waals surface area contributed by atoms with Gasteiger partial charge in [-0.2, -0.15) is 5.10 Å². The zero-order chi connectivity index (χ0) is 18.7. The summed E-state index contributed by atoms with van der Waals surface area (Å²) in [5.41, 5.74) is 3.71. The van der Waals surface area contributed by atoms with E-state index >= 15 is 0 Å². The number of rotatable bonds is 4. The van der Waals surface area contributed by atoms with Gasteiger partial charge >= 0.3 is 6.36 Å². The number of carbonyl (C=O) groups excluding carboxylic acids is 1. The highest BCUT2D eigenvalue weighted by Crippen LogP contribution is 2.26. The van der Waals surface area contributed by atoms with E-state index in [1.165, 1.54) is 24.4 Å². The fraction of sp³-hybridized carbons (Fsp3) is 0.0588. The van der Waals surface area contributed by atoms with Crippen LogP contribution in [0.4, 0.5) is 13.2 Å². The standard InChI is InChI=1S/C17H11ClF3N3O2/c18-12-3-1-10(2-4-12)9-22-24-16(25)15-8-11-7-13(26-17(19,20)21)5-6-14(11)23-15/h1-9,23H,(H,24,25)/b22-9-. The van der Waals surface area contributed by atoms with Gasteiger partial charge in [0.05, 0.1) is 6.21 Å². The van der Waals surface area contributed by atoms with Gasteiger partial charge in [0.1, 0.15) is 11.4 Å². The fourth-order valence-electron chi connectivity index (χ4n) is 2.20. The maximum absolute atomic E-state index is 12.3. The Morgan fingerprint density at radius 1 is 1.15 bits per heavy atom. The lowest BCUT2D eigenvalue weighted by atomic mass is 10.2. The second-order valence-electron chi connectivity index (χ2n) is 5.23. The molecule has 0 aliphatic rings. The number of hydrogen-bond donors (Lipinski definition) is 2. The minimum absolute atomic E-state index is 0.150. The van der Waals surface area contributed by atoms with Gasteiger partial charge in [0, 0.05) is 15.9 Å². The van der Waals surface area contributed by atoms with Crippen molar-refractivity contribution in [3.63, 3.8) is 0 Å². The number of hydrazone groups is 1. The van der Waals surface area contributed by atoms with E-state index < -0.39 is 12.3 Å². The van der Waals surface area contributed by atoms with Crippen LogP contribution in [0, 0.1) is 0 Å². The SMILES string of the molecule is O=C(N/N=C\c1ccc(Cl)cc1)c1cc2cc(OC(F)(F)F)ccc2[nH]1. The van der Waals surface area contributed by atoms with E-state index in [1.54, 1.807) is 24.3 Å². The number of amides is 1. The van der Waals surface area contributed by atoms with E-state index in [2.05, 4.69) is 20.2 Å². The molecule has 5 nitrogen and oxygen atoms in total. The van der Waals surface area contributed by atoms with Crippen LogP contribution in [0.15, 0.2) is 53.6 Å². The lowest BCUT2D eigenvalue weighted by Crippen LogP contribution is -2.17. The number of nitrogens with zero attached hydrogens (tertiary/aromatic N) is 1. The second-order valence-corrected chi connectivity index (χ2v) is 5.67. The summed E-state index contributed by atoms with van der Waals surface area (Å²) in [5.74, 6) is -0.901. The van der Waals surface area contributed by atoms with Crippen molar-refractivity contribution in [1.29, 1.82) is 0 Å². The van der Waals surface area contributed by atoms with E-state index in [-0.39, 0.29) is 11.4 Å². The van der Waals surface area contributed by atoms with Gasteiger partial charge in [0.15, 0.2) is 0 Å². The summed E-state index contributed by atoms with van der Waals surface area (Å²) in [6, 6.07) is 12.0. The first-order chi connectivity index (χ1) is 12.3. The van der Waals surface area contributed by atoms with Crippen molar-refractivity contribution in [2.45, 2.75) is 6.36 Å². The summed E-state index contributed by atoms with van der Waals surface area (Å²) in [4.78, 5) is 14.9. The number of halogens is 4. The van der Waals surface area contributed by atoms with E-state index in [1.807, 2.05) is 0 Å². The molecule has 134 valence electrons. The molecule has 0 saturated carbocycles. The highest BCUT2D eigenvalue weighted by Gasteiger charge is 2.31. The molecule has 0 fully saturated rings. The van der Waals surface area contributed by atoms with Crippen molar-refractivity contribution in [1.82, 2.24) is 10.4 Å². The largest absolute Gasteiger partial charge is 0.573 e. The summed E-state index contributed by atoms with van der Waals surface area (Å²) in [6.07, 6.45) is -3.34. The predicted octanol–water partition coefficient (Wildman–Crippen LogP) is 4.48. The zero-order valence-corrected chi connectivity index (χ0v) is 13.7. The first kappa shape index (κ1) is 17.8. The summed E-state index contributed by atoms with van der Waals surface area (Å²) in [6.45, 7) is 0. The van der Waals surface area contributed by atoms with Crippen LogP contribution in [-0.4, -0.2) is 23.5 Å². The van der Waals surface area contributed by atoms with Crippen LogP contribution in [0.5, 0.6) is 5.75 Å². The number of ether oxygens (including phenoxy) is 1. The van der Waals surface area contributed by atoms with Gasteiger partial charge in [-0.15, -0.1) is 13.2 Å². The number of aromatic amines is 1. The predicted molar refractivity (Wildman–Crippen MR) is 91.5 cm³/mol. The summed E-state index contributed by atoms with van der Waals surface area (Å²) in [7, 11) is 0. The smallest absolute Gasteiger partial charge is 0.406 e. The van der Waals surface area contributed by atoms with Crippen LogP contribution in [0.1, 0.15) is 16.1 Å². The van der Waals surface area contributed by atoms with Crippen LogP contribution in [0.2, 0.25) is 5.02 Å². The molecule has 2 N–H and O–H groups in total. The Labute approximate surface area is 150 Å². The summed E-state index contributed by atoms with van der Waals surface area (Å²) in [5, 5.41) is 4.81. The van der Waals surface area contributed by atoms with Crippen molar-refractivity contribution < 1.29 is 22.7 Å². The van der Waals surface area contributed by atoms with E-state index in [4.69, 9.17) is 11.6 Å². The van der Waals surface area contributed by atoms with Gasteiger partial charge in [-0.05, 0) is 42.0 Å². The number of alkyl halides is 3. The van der Waals surface area contributed by atoms with Gasteiger partial charge in [-0.25, -0.2) is 5.43 Å². The Morgan fingerprint density at radius 3 is 2.58 bits per heavy atom. The molecule has 0 spiro atoms. The number of H-pyrrole nitrogens is 1. The highest BCUT2D eigenvalue weighted by molar-refractivity contribution is 6.30. The number of nitrogens with one attached hydrogen (secondary N) is 2. The third-order valence-corrected chi connectivity index (χ3v) is 3.57. The monoisotopic (exact) mass is 381 g/mol. The molecule has 0 unspecified atom stereocenters. The number of aromatic nitrogens is 1. The zero-order valence-electron chi connectivity index (χ0n) is 13.0. The van der Waals surface area contributed by atoms with Gasteiger partial charge in [0.25, 0.3) is 5.91 Å². The number of fused-ring (bicyclic) bond motifs is 1. The Hall–Kier alpha value is -3.00. The van der Waals surface area contributed by atoms with Gasteiger partial charge in [-0.1, -0.05) is 23.7 Å². The maximum atomic E-state index is 12.3. The number of benzene rings is 2. The molecule has 1 heterocycles. The number of carbonyl (C=O) groups is 1. The molecule has 0 aliphatic carbocycles. The minimum atomic E-state index is -4.78. The first-order valence-corrected chi connectivity index (χ1v) is 7.65. The van der Waals surface area contributed by atoms with Crippen molar-refractivity contribution in [2.75, 3.05) is 0 Å². The van der Waals surface area contributed by atoms with Crippen LogP contribution >= 0.6 is 11.6 Å². The normalized spacial score (nSPS) is 11.8. The number of hydrogen-bond acceptors (Lipinski definition) is 3. The van der Waals surface area contributed by atoms with Gasteiger partial charge in [-0.3, -0.25) is 4.79 Å². The molecule has 26 heavy (non-hydrogen) atoms. The highest BCUT2D eigenvalue weighted by atomic mass is 35.5. The topological polar surface area (TPSA) is 66.5 Å². The molecule has 1 aromatic heterocycles. The Balaban J connectivity index is 1.71. The molecular formula is C17H11ClF3N3O2. The van der Waals surface area contributed by atoms with Crippen molar-refractivity contribution in [2.24, 2.45) is 5.10 Å². The van der Waals surface area contributed by atoms with Crippen LogP contribution in [-0.2, 0) is 0 Å². The minimum Gasteiger partial charge on any atom is -0.406 e. The van der Waals surface area contributed by atoms with Gasteiger partial charge in [0.2, 0.25) is 0 Å². The molecule has 9 heteroatoms. The van der Waals surface area contributed by atoms with Crippen LogP contribution in [0.3, 0.4) is 0 Å². The molecular weight excluding hydrogens is 371 g/mol. The molecule has 0 radical (unpaired) electrons. The summed E-state index contributed by atoms with van der Waals surface area (Å²) >= 11 is 5.77. The van der Waals surface area contributed by atoms with E-state index in [0.717, 1.165) is 11.6 Å². The second kappa shape index (κ2) is 7.09. The van der Waals surface area contributed by atoms with Gasteiger partial charge < -0.3 is 9.72 Å². The Bertz CT molecular complexity index is 966. The molecule has 2 aromatic carbocycles. The first-order valence-electron chi connectivity index (χ1n) is 7.28. The lowest BCUT2D eigenvalue weighted by molar-refractivity contribution is -0.274. The van der Waals surface area contributed by atoms with E-state index in [9.17, 15) is 18.0 Å². The van der Waals surface area contributed by atoms with Crippen molar-refractivity contribution in [3.8, 4) is 5.75 Å². The Morgan fingerprint density at radius 2 is 1.88 bits per heavy atom. The van der Waals surface area contributed by atoms with E-state index in [0.29, 0.717) is 15.9 Å². The van der Waals surface area contributed by atoms with Crippen LogP contribution in [0.25, 0.3) is 10.9 Å². The fourth-order valence-corrected chi connectivity index (χ4v) is 2.33. The molecule has 3 aromatic rings. The van der Waals surface area contributed by atoms with Crippen molar-refractivity contribution >= 4 is 34.6 Å². The molecule has 3 rings (SSSR count). The molecule has 0 atom stereocenters. The third-order valence-electron chi connectivity index (χ3n) is 3.32. The average Bonchev–Trinajstić information content (AvgIpc) is 2.98. The Kier molecular flexibility index (Phi) is 4.85. The van der Waals surface area contributed by atoms with Crippen LogP contribution < -0.4 is 10.2 Å². The summed E-state index contributed by atoms with van der Waals surface area (Å²) < 4.78 is 40.6. The molecule has 1 amide bonds. The quantitative estimate of drug-likeness (QED) is 0.516. The molecule has 0 saturated heterocycles. The van der Waals surface area contributed by atoms with Crippen molar-refractivity contribution in [3.05, 3.63) is 64.8 Å². The molecule has 0 bridgehead atoms.